The van der Waals surface area contributed by atoms with Crippen LogP contribution in [0.3, 0.4) is 0 Å². The Balaban J connectivity index is 1.91. The minimum Gasteiger partial charge on any atom is -0.394 e. The number of nitrogens with two attached hydrogens (primary N) is 1. The summed E-state index contributed by atoms with van der Waals surface area (Å²) in [4.78, 5) is 22.2. The highest BCUT2D eigenvalue weighted by Crippen LogP contribution is 2.36. The molecule has 25 heavy (non-hydrogen) atoms. The lowest BCUT2D eigenvalue weighted by molar-refractivity contribution is -0.0522. The predicted octanol–water partition coefficient (Wildman–Crippen LogP) is -2.32. The SMILES string of the molecule is COCCO[C@@H]1[C@H](O)[C@@H](CO)O[C@H]1N1CN(C)c2c1nc(N)[nH]c2=O. The first-order valence-corrected chi connectivity index (χ1v) is 7.90. The molecule has 3 heterocycles. The monoisotopic (exact) mass is 357 g/mol. The number of H-pyrrole nitrogens is 1. The standard InChI is InChI=1S/C14H23N5O6/c1-18-6-19(11-8(18)12(22)17-14(15)16-11)13-10(24-4-3-23-2)9(21)7(5-20)25-13/h7,9-10,13,20-21H,3-6H2,1-2H3,(H3,15,16,17,22)/t7-,9-,10-,13-/m1/s1. The third kappa shape index (κ3) is 3.16. The number of nitrogen functional groups attached to an aromatic ring is 1. The first-order valence-electron chi connectivity index (χ1n) is 7.90. The molecule has 4 atom stereocenters. The highest BCUT2D eigenvalue weighted by molar-refractivity contribution is 5.72. The average molecular weight is 357 g/mol. The number of aliphatic hydroxyl groups is 2. The largest absolute Gasteiger partial charge is 0.394 e. The normalized spacial score (nSPS) is 28.6. The molecule has 1 aromatic heterocycles. The zero-order chi connectivity index (χ0) is 18.1. The molecule has 5 N–H and O–H groups in total. The fraction of sp³-hybridized carbons (Fsp3) is 0.714. The first-order chi connectivity index (χ1) is 12.0. The Hall–Kier alpha value is -1.92. The van der Waals surface area contributed by atoms with Crippen molar-refractivity contribution in [3.05, 3.63) is 10.4 Å². The van der Waals surface area contributed by atoms with E-state index >= 15 is 0 Å². The molecule has 0 amide bonds. The van der Waals surface area contributed by atoms with Crippen LogP contribution in [0.2, 0.25) is 0 Å². The summed E-state index contributed by atoms with van der Waals surface area (Å²) in [5, 5.41) is 19.8. The molecule has 2 aliphatic rings. The van der Waals surface area contributed by atoms with Gasteiger partial charge in [0.2, 0.25) is 5.95 Å². The number of nitrogens with zero attached hydrogens (tertiary/aromatic N) is 3. The van der Waals surface area contributed by atoms with Gasteiger partial charge in [-0.05, 0) is 0 Å². The molecule has 1 fully saturated rings. The maximum atomic E-state index is 12.2. The summed E-state index contributed by atoms with van der Waals surface area (Å²) in [5.74, 6) is 0.332. The number of aliphatic hydroxyl groups excluding tert-OH is 2. The Morgan fingerprint density at radius 1 is 1.48 bits per heavy atom. The van der Waals surface area contributed by atoms with Crippen molar-refractivity contribution in [3.8, 4) is 0 Å². The second kappa shape index (κ2) is 7.14. The molecule has 0 bridgehead atoms. The molecule has 140 valence electrons. The third-order valence-corrected chi connectivity index (χ3v) is 4.31. The lowest BCUT2D eigenvalue weighted by Crippen LogP contribution is -2.47. The maximum Gasteiger partial charge on any atom is 0.278 e. The summed E-state index contributed by atoms with van der Waals surface area (Å²) < 4.78 is 16.4. The highest BCUT2D eigenvalue weighted by Gasteiger charge is 2.49. The van der Waals surface area contributed by atoms with Gasteiger partial charge in [-0.2, -0.15) is 4.98 Å². The zero-order valence-electron chi connectivity index (χ0n) is 14.1. The maximum absolute atomic E-state index is 12.2. The predicted molar refractivity (Wildman–Crippen MR) is 88.4 cm³/mol. The van der Waals surface area contributed by atoms with E-state index in [2.05, 4.69) is 9.97 Å². The number of nitrogens with one attached hydrogen (secondary N) is 1. The molecule has 0 aromatic carbocycles. The van der Waals surface area contributed by atoms with Crippen molar-refractivity contribution in [2.24, 2.45) is 0 Å². The molecule has 2 aliphatic heterocycles. The molecular formula is C14H23N5O6. The van der Waals surface area contributed by atoms with E-state index in [0.717, 1.165) is 0 Å². The second-order valence-electron chi connectivity index (χ2n) is 6.00. The second-order valence-corrected chi connectivity index (χ2v) is 6.00. The number of methoxy groups -OCH3 is 1. The summed E-state index contributed by atoms with van der Waals surface area (Å²) in [6, 6.07) is 0. The van der Waals surface area contributed by atoms with Crippen LogP contribution >= 0.6 is 0 Å². The molecule has 0 aliphatic carbocycles. The van der Waals surface area contributed by atoms with Crippen LogP contribution in [0.5, 0.6) is 0 Å². The van der Waals surface area contributed by atoms with Gasteiger partial charge in [0.25, 0.3) is 5.56 Å². The Morgan fingerprint density at radius 3 is 2.92 bits per heavy atom. The van der Waals surface area contributed by atoms with Crippen molar-refractivity contribution in [1.82, 2.24) is 9.97 Å². The van der Waals surface area contributed by atoms with Gasteiger partial charge in [0.05, 0.1) is 26.5 Å². The van der Waals surface area contributed by atoms with Gasteiger partial charge in [0.1, 0.15) is 24.0 Å². The van der Waals surface area contributed by atoms with Gasteiger partial charge in [0.15, 0.2) is 12.0 Å². The lowest BCUT2D eigenvalue weighted by atomic mass is 10.1. The summed E-state index contributed by atoms with van der Waals surface area (Å²) in [6.07, 6.45) is -3.30. The number of aromatic amines is 1. The van der Waals surface area contributed by atoms with Crippen molar-refractivity contribution < 1.29 is 24.4 Å². The molecule has 1 saturated heterocycles. The van der Waals surface area contributed by atoms with Crippen molar-refractivity contribution >= 4 is 17.5 Å². The number of rotatable bonds is 6. The Bertz CT molecular complexity index is 670. The van der Waals surface area contributed by atoms with E-state index in [1.54, 1.807) is 24.0 Å². The molecule has 0 radical (unpaired) electrons. The van der Waals surface area contributed by atoms with Crippen LogP contribution in [0.1, 0.15) is 0 Å². The molecule has 1 aromatic rings. The zero-order valence-corrected chi connectivity index (χ0v) is 14.1. The average Bonchev–Trinajstić information content (AvgIpc) is 3.05. The summed E-state index contributed by atoms with van der Waals surface area (Å²) in [6.45, 7) is 0.538. The first kappa shape index (κ1) is 17.9. The third-order valence-electron chi connectivity index (χ3n) is 4.31. The molecule has 11 nitrogen and oxygen atoms in total. The van der Waals surface area contributed by atoms with Crippen LogP contribution in [-0.2, 0) is 14.2 Å². The molecule has 0 spiro atoms. The van der Waals surface area contributed by atoms with E-state index in [1.165, 1.54) is 0 Å². The summed E-state index contributed by atoms with van der Waals surface area (Å²) in [7, 11) is 3.28. The van der Waals surface area contributed by atoms with Crippen LogP contribution in [0, 0.1) is 0 Å². The molecule has 0 saturated carbocycles. The number of ether oxygens (including phenoxy) is 3. The van der Waals surface area contributed by atoms with Gasteiger partial charge in [-0.25, -0.2) is 0 Å². The molecule has 0 unspecified atom stereocenters. The van der Waals surface area contributed by atoms with Crippen molar-refractivity contribution in [2.45, 2.75) is 24.5 Å². The van der Waals surface area contributed by atoms with E-state index in [4.69, 9.17) is 19.9 Å². The van der Waals surface area contributed by atoms with Gasteiger partial charge in [-0.3, -0.25) is 9.78 Å². The van der Waals surface area contributed by atoms with E-state index in [-0.39, 0.29) is 24.7 Å². The Kier molecular flexibility index (Phi) is 5.11. The van der Waals surface area contributed by atoms with Crippen LogP contribution < -0.4 is 21.1 Å². The van der Waals surface area contributed by atoms with Crippen LogP contribution in [0.15, 0.2) is 4.79 Å². The van der Waals surface area contributed by atoms with Gasteiger partial charge in [0, 0.05) is 14.2 Å². The van der Waals surface area contributed by atoms with Gasteiger partial charge < -0.3 is 40.0 Å². The van der Waals surface area contributed by atoms with Gasteiger partial charge >= 0.3 is 0 Å². The van der Waals surface area contributed by atoms with Gasteiger partial charge in [-0.1, -0.05) is 0 Å². The smallest absolute Gasteiger partial charge is 0.278 e. The molecular weight excluding hydrogens is 334 g/mol. The Morgan fingerprint density at radius 2 is 2.24 bits per heavy atom. The minimum absolute atomic E-state index is 0.0156. The van der Waals surface area contributed by atoms with Crippen LogP contribution in [0.4, 0.5) is 17.5 Å². The van der Waals surface area contributed by atoms with E-state index in [1.807, 2.05) is 0 Å². The van der Waals surface area contributed by atoms with E-state index in [9.17, 15) is 15.0 Å². The fourth-order valence-corrected chi connectivity index (χ4v) is 3.15. The van der Waals surface area contributed by atoms with Crippen molar-refractivity contribution in [2.75, 3.05) is 56.2 Å². The minimum atomic E-state index is -1.03. The number of aromatic nitrogens is 2. The van der Waals surface area contributed by atoms with E-state index < -0.39 is 24.5 Å². The quantitative estimate of drug-likeness (QED) is 0.409. The van der Waals surface area contributed by atoms with E-state index in [0.29, 0.717) is 24.8 Å². The number of hydrogen-bond donors (Lipinski definition) is 4. The van der Waals surface area contributed by atoms with Crippen molar-refractivity contribution in [3.63, 3.8) is 0 Å². The van der Waals surface area contributed by atoms with Crippen LogP contribution in [0.25, 0.3) is 0 Å². The topological polar surface area (TPSA) is 146 Å². The number of hydrogen-bond acceptors (Lipinski definition) is 10. The molecule has 11 heteroatoms. The number of fused-ring (bicyclic) bond motifs is 1. The molecule has 3 rings (SSSR count). The highest BCUT2D eigenvalue weighted by atomic mass is 16.6. The summed E-state index contributed by atoms with van der Waals surface area (Å²) in [5.41, 5.74) is 5.66. The number of anilines is 3. The van der Waals surface area contributed by atoms with Crippen LogP contribution in [-0.4, -0.2) is 85.4 Å². The summed E-state index contributed by atoms with van der Waals surface area (Å²) >= 11 is 0. The van der Waals surface area contributed by atoms with Crippen molar-refractivity contribution in [1.29, 1.82) is 0 Å². The Labute approximate surface area is 143 Å². The van der Waals surface area contributed by atoms with Gasteiger partial charge in [-0.15, -0.1) is 0 Å². The lowest BCUT2D eigenvalue weighted by Gasteiger charge is -2.30. The fourth-order valence-electron chi connectivity index (χ4n) is 3.15.